The van der Waals surface area contributed by atoms with E-state index in [4.69, 9.17) is 31.5 Å². The van der Waals surface area contributed by atoms with Gasteiger partial charge in [0.15, 0.2) is 11.4 Å². The highest BCUT2D eigenvalue weighted by Gasteiger charge is 2.80. The van der Waals surface area contributed by atoms with Crippen molar-refractivity contribution in [3.05, 3.63) is 58.4 Å². The molecule has 2 aromatic rings. The standard InChI is InChI=1S/C27H29ClF4N4O5/c1-23(2,3)39-20(37)26(21(38)40-24(4,5)6)27(31,32)25(7,36-22(33)41-26)15-10-14(8-9-16(15)29)11-17(30)18-12-35-19(28)13-34-18/h8-13H,1-7H3,(H2,33,36). The molecule has 222 valence electrons. The molecule has 2 heterocycles. The monoisotopic (exact) mass is 600 g/mol. The predicted octanol–water partition coefficient (Wildman–Crippen LogP) is 5.35. The third-order valence-electron chi connectivity index (χ3n) is 5.69. The molecule has 1 aromatic carbocycles. The summed E-state index contributed by atoms with van der Waals surface area (Å²) in [5.41, 5.74) is -5.06. The fourth-order valence-corrected chi connectivity index (χ4v) is 3.99. The number of alkyl halides is 2. The number of esters is 2. The van der Waals surface area contributed by atoms with Crippen LogP contribution >= 0.6 is 11.6 Å². The molecule has 0 fully saturated rings. The number of carbonyl (C=O) groups is 2. The largest absolute Gasteiger partial charge is 0.456 e. The number of hydrogen-bond donors (Lipinski definition) is 1. The Kier molecular flexibility index (Phi) is 8.21. The van der Waals surface area contributed by atoms with Gasteiger partial charge in [0, 0.05) is 5.56 Å². The first kappa shape index (κ1) is 31.8. The van der Waals surface area contributed by atoms with Crippen LogP contribution in [0.1, 0.15) is 65.3 Å². The van der Waals surface area contributed by atoms with E-state index in [0.29, 0.717) is 0 Å². The summed E-state index contributed by atoms with van der Waals surface area (Å²) >= 11 is 5.67. The molecule has 3 rings (SSSR count). The Morgan fingerprint density at radius 1 is 1.02 bits per heavy atom. The molecule has 1 aromatic heterocycles. The lowest BCUT2D eigenvalue weighted by molar-refractivity contribution is -0.250. The molecular formula is C27H29ClF4N4O5. The van der Waals surface area contributed by atoms with E-state index < -0.39 is 63.4 Å². The van der Waals surface area contributed by atoms with Crippen LogP contribution in [0.25, 0.3) is 11.9 Å². The van der Waals surface area contributed by atoms with Gasteiger partial charge < -0.3 is 19.9 Å². The van der Waals surface area contributed by atoms with E-state index in [2.05, 4.69) is 15.0 Å². The Hall–Kier alpha value is -3.74. The van der Waals surface area contributed by atoms with Crippen LogP contribution < -0.4 is 5.73 Å². The number of nitrogens with zero attached hydrogens (tertiary/aromatic N) is 3. The number of ether oxygens (including phenoxy) is 3. The van der Waals surface area contributed by atoms with Gasteiger partial charge in [0.1, 0.15) is 27.9 Å². The van der Waals surface area contributed by atoms with Gasteiger partial charge in [0.05, 0.1) is 12.4 Å². The molecule has 1 aliphatic rings. The highest BCUT2D eigenvalue weighted by molar-refractivity contribution is 6.29. The van der Waals surface area contributed by atoms with Crippen LogP contribution in [-0.4, -0.2) is 50.7 Å². The highest BCUT2D eigenvalue weighted by Crippen LogP contribution is 2.53. The first-order valence-electron chi connectivity index (χ1n) is 12.2. The van der Waals surface area contributed by atoms with Crippen LogP contribution in [0.5, 0.6) is 0 Å². The molecule has 1 aliphatic heterocycles. The lowest BCUT2D eigenvalue weighted by atomic mass is 9.75. The van der Waals surface area contributed by atoms with Gasteiger partial charge in [-0.2, -0.15) is 8.78 Å². The number of amidine groups is 1. The first-order valence-corrected chi connectivity index (χ1v) is 12.5. The Labute approximate surface area is 238 Å². The quantitative estimate of drug-likeness (QED) is 0.276. The van der Waals surface area contributed by atoms with Crippen molar-refractivity contribution in [1.29, 1.82) is 0 Å². The summed E-state index contributed by atoms with van der Waals surface area (Å²) in [6.45, 7) is 9.00. The number of rotatable bonds is 5. The van der Waals surface area contributed by atoms with Crippen molar-refractivity contribution in [1.82, 2.24) is 9.97 Å². The minimum Gasteiger partial charge on any atom is -0.456 e. The third kappa shape index (κ3) is 6.14. The molecule has 41 heavy (non-hydrogen) atoms. The minimum absolute atomic E-state index is 0.00852. The van der Waals surface area contributed by atoms with Gasteiger partial charge in [-0.15, -0.1) is 0 Å². The van der Waals surface area contributed by atoms with E-state index in [1.165, 1.54) is 41.5 Å². The molecule has 0 saturated heterocycles. The normalized spacial score (nSPS) is 20.5. The Morgan fingerprint density at radius 2 is 1.59 bits per heavy atom. The van der Waals surface area contributed by atoms with Crippen LogP contribution in [0.2, 0.25) is 5.15 Å². The van der Waals surface area contributed by atoms with Crippen molar-refractivity contribution in [2.24, 2.45) is 10.7 Å². The second kappa shape index (κ2) is 10.6. The number of halogens is 5. The zero-order chi connectivity index (χ0) is 31.2. The summed E-state index contributed by atoms with van der Waals surface area (Å²) in [6.07, 6.45) is 3.01. The molecule has 0 saturated carbocycles. The molecule has 0 bridgehead atoms. The molecular weight excluding hydrogens is 572 g/mol. The predicted molar refractivity (Wildman–Crippen MR) is 142 cm³/mol. The van der Waals surface area contributed by atoms with Gasteiger partial charge in [-0.25, -0.2) is 33.3 Å². The molecule has 0 amide bonds. The fourth-order valence-electron chi connectivity index (χ4n) is 3.89. The number of nitrogens with two attached hydrogens (primary N) is 1. The van der Waals surface area contributed by atoms with Crippen LogP contribution in [0.3, 0.4) is 0 Å². The maximum Gasteiger partial charge on any atom is 0.369 e. The lowest BCUT2D eigenvalue weighted by Gasteiger charge is -2.47. The minimum atomic E-state index is -4.68. The molecule has 9 nitrogen and oxygen atoms in total. The summed E-state index contributed by atoms with van der Waals surface area (Å²) in [4.78, 5) is 38.0. The maximum atomic E-state index is 16.8. The van der Waals surface area contributed by atoms with Gasteiger partial charge in [-0.1, -0.05) is 17.7 Å². The molecule has 1 atom stereocenters. The lowest BCUT2D eigenvalue weighted by Crippen LogP contribution is -2.73. The van der Waals surface area contributed by atoms with Gasteiger partial charge in [0.2, 0.25) is 0 Å². The van der Waals surface area contributed by atoms with E-state index in [-0.39, 0.29) is 16.4 Å². The number of aliphatic imine (C=N–C) groups is 1. The average molecular weight is 601 g/mol. The van der Waals surface area contributed by atoms with Gasteiger partial charge in [0.25, 0.3) is 6.02 Å². The van der Waals surface area contributed by atoms with E-state index >= 15 is 13.2 Å². The van der Waals surface area contributed by atoms with Crippen LogP contribution in [0, 0.1) is 5.82 Å². The Balaban J connectivity index is 2.25. The van der Waals surface area contributed by atoms with E-state index in [1.54, 1.807) is 0 Å². The summed E-state index contributed by atoms with van der Waals surface area (Å²) in [5, 5.41) is 0.00852. The number of carbonyl (C=O) groups excluding carboxylic acids is 2. The molecule has 0 spiro atoms. The summed E-state index contributed by atoms with van der Waals surface area (Å²) in [6, 6.07) is 1.71. The second-order valence-electron chi connectivity index (χ2n) is 11.3. The topological polar surface area (TPSA) is 126 Å². The van der Waals surface area contributed by atoms with E-state index in [1.807, 2.05) is 0 Å². The summed E-state index contributed by atoms with van der Waals surface area (Å²) in [7, 11) is 0. The molecule has 14 heteroatoms. The fraction of sp³-hybridized carbons (Fsp3) is 0.444. The van der Waals surface area contributed by atoms with Crippen molar-refractivity contribution in [2.75, 3.05) is 0 Å². The van der Waals surface area contributed by atoms with Crippen molar-refractivity contribution < 1.29 is 41.4 Å². The van der Waals surface area contributed by atoms with Gasteiger partial charge >= 0.3 is 23.5 Å². The highest BCUT2D eigenvalue weighted by atomic mass is 35.5. The first-order chi connectivity index (χ1) is 18.6. The summed E-state index contributed by atoms with van der Waals surface area (Å²) in [5.74, 6) is -10.5. The zero-order valence-electron chi connectivity index (χ0n) is 23.3. The Bertz CT molecular complexity index is 1390. The van der Waals surface area contributed by atoms with E-state index in [9.17, 15) is 14.0 Å². The molecule has 2 N–H and O–H groups in total. The zero-order valence-corrected chi connectivity index (χ0v) is 24.1. The van der Waals surface area contributed by atoms with E-state index in [0.717, 1.165) is 43.6 Å². The molecule has 0 aliphatic carbocycles. The maximum absolute atomic E-state index is 16.8. The van der Waals surface area contributed by atoms with Gasteiger partial charge in [-0.05, 0) is 72.2 Å². The number of aromatic nitrogens is 2. The van der Waals surface area contributed by atoms with Crippen molar-refractivity contribution in [3.63, 3.8) is 0 Å². The SMILES string of the molecule is CC(C)(C)OC(=O)C1(C(=O)OC(C)(C)C)OC(N)=NC(C)(c2cc(C=C(F)c3cnc(Cl)cn3)ccc2F)C1(F)F. The summed E-state index contributed by atoms with van der Waals surface area (Å²) < 4.78 is 79.1. The smallest absolute Gasteiger partial charge is 0.369 e. The number of hydrogen-bond acceptors (Lipinski definition) is 9. The van der Waals surface area contributed by atoms with Crippen LogP contribution in [0.15, 0.2) is 35.6 Å². The Morgan fingerprint density at radius 3 is 2.07 bits per heavy atom. The molecule has 0 radical (unpaired) electrons. The number of benzene rings is 1. The van der Waals surface area contributed by atoms with Crippen LogP contribution in [0.4, 0.5) is 17.6 Å². The van der Waals surface area contributed by atoms with Crippen molar-refractivity contribution >= 4 is 41.5 Å². The van der Waals surface area contributed by atoms with Gasteiger partial charge in [-0.3, -0.25) is 0 Å². The van der Waals surface area contributed by atoms with Crippen LogP contribution in [-0.2, 0) is 29.3 Å². The van der Waals surface area contributed by atoms with Crippen molar-refractivity contribution in [2.45, 2.75) is 76.7 Å². The second-order valence-corrected chi connectivity index (χ2v) is 11.7. The van der Waals surface area contributed by atoms with Crippen molar-refractivity contribution in [3.8, 4) is 0 Å². The molecule has 1 unspecified atom stereocenters. The average Bonchev–Trinajstić information content (AvgIpc) is 2.80. The third-order valence-corrected chi connectivity index (χ3v) is 5.89.